The number of rotatable bonds is 1. The minimum atomic E-state index is -0.372. The van der Waals surface area contributed by atoms with Gasteiger partial charge in [-0.15, -0.1) is 0 Å². The van der Waals surface area contributed by atoms with Crippen molar-refractivity contribution in [3.05, 3.63) is 59.5 Å². The quantitative estimate of drug-likeness (QED) is 0.718. The largest absolute Gasteiger partial charge is 0.398 e. The van der Waals surface area contributed by atoms with Crippen LogP contribution in [0.4, 0.5) is 10.1 Å². The van der Waals surface area contributed by atoms with Crippen molar-refractivity contribution in [3.8, 4) is 11.1 Å². The second-order valence-corrected chi connectivity index (χ2v) is 4.70. The average Bonchev–Trinajstić information content (AvgIpc) is 2.37. The van der Waals surface area contributed by atoms with Crippen molar-refractivity contribution in [2.45, 2.75) is 0 Å². The lowest BCUT2D eigenvalue weighted by molar-refractivity contribution is 0.628. The summed E-state index contributed by atoms with van der Waals surface area (Å²) in [6.07, 6.45) is 1.64. The van der Waals surface area contributed by atoms with Gasteiger partial charge in [0.15, 0.2) is 0 Å². The molecule has 0 radical (unpaired) electrons. The van der Waals surface area contributed by atoms with Crippen LogP contribution in [0.25, 0.3) is 22.0 Å². The molecule has 4 heteroatoms. The number of nitrogens with zero attached hydrogens (tertiary/aromatic N) is 1. The number of nitrogens with two attached hydrogens (primary N) is 1. The number of hydrogen-bond donors (Lipinski definition) is 1. The first-order chi connectivity index (χ1) is 9.15. The molecule has 3 rings (SSSR count). The first kappa shape index (κ1) is 11.9. The molecule has 0 amide bonds. The first-order valence-electron chi connectivity index (χ1n) is 5.75. The van der Waals surface area contributed by atoms with E-state index in [1.54, 1.807) is 18.3 Å². The molecular weight excluding hydrogens is 263 g/mol. The Balaban J connectivity index is 2.33. The van der Waals surface area contributed by atoms with E-state index in [1.807, 2.05) is 18.2 Å². The third-order valence-electron chi connectivity index (χ3n) is 2.98. The van der Waals surface area contributed by atoms with E-state index in [4.69, 9.17) is 17.3 Å². The maximum absolute atomic E-state index is 13.5. The zero-order valence-corrected chi connectivity index (χ0v) is 10.7. The second kappa shape index (κ2) is 4.52. The molecule has 2 nitrogen and oxygen atoms in total. The Kier molecular flexibility index (Phi) is 2.84. The van der Waals surface area contributed by atoms with Gasteiger partial charge in [0.1, 0.15) is 5.82 Å². The van der Waals surface area contributed by atoms with Crippen LogP contribution in [-0.2, 0) is 0 Å². The summed E-state index contributed by atoms with van der Waals surface area (Å²) in [7, 11) is 0. The standard InChI is InChI=1S/C15H10ClFN2/c16-10-6-9(7-11(17)8-10)12-2-1-3-13-14(18)4-5-19-15(12)13/h1-8H,(H2,18,19). The van der Waals surface area contributed by atoms with E-state index in [0.717, 1.165) is 16.5 Å². The number of halogens is 2. The summed E-state index contributed by atoms with van der Waals surface area (Å²) in [6, 6.07) is 11.8. The number of para-hydroxylation sites is 1. The predicted molar refractivity (Wildman–Crippen MR) is 76.6 cm³/mol. The summed E-state index contributed by atoms with van der Waals surface area (Å²) in [5, 5.41) is 1.20. The Hall–Kier alpha value is -2.13. The lowest BCUT2D eigenvalue weighted by Gasteiger charge is -2.08. The van der Waals surface area contributed by atoms with Crippen LogP contribution in [0.15, 0.2) is 48.7 Å². The fourth-order valence-electron chi connectivity index (χ4n) is 2.14. The van der Waals surface area contributed by atoms with Crippen LogP contribution in [0.3, 0.4) is 0 Å². The van der Waals surface area contributed by atoms with Gasteiger partial charge in [0.05, 0.1) is 5.52 Å². The number of hydrogen-bond acceptors (Lipinski definition) is 2. The number of pyridine rings is 1. The molecule has 94 valence electrons. The maximum Gasteiger partial charge on any atom is 0.125 e. The van der Waals surface area contributed by atoms with Gasteiger partial charge in [0.25, 0.3) is 0 Å². The van der Waals surface area contributed by atoms with Crippen LogP contribution < -0.4 is 5.73 Å². The first-order valence-corrected chi connectivity index (χ1v) is 6.12. The molecule has 0 saturated heterocycles. The van der Waals surface area contributed by atoms with Gasteiger partial charge in [0.2, 0.25) is 0 Å². The van der Waals surface area contributed by atoms with E-state index < -0.39 is 0 Å². The molecule has 0 spiro atoms. The van der Waals surface area contributed by atoms with Gasteiger partial charge in [-0.05, 0) is 29.8 Å². The van der Waals surface area contributed by atoms with Crippen LogP contribution in [0.2, 0.25) is 5.02 Å². The molecule has 0 atom stereocenters. The highest BCUT2D eigenvalue weighted by atomic mass is 35.5. The van der Waals surface area contributed by atoms with E-state index in [-0.39, 0.29) is 5.82 Å². The van der Waals surface area contributed by atoms with E-state index in [9.17, 15) is 4.39 Å². The van der Waals surface area contributed by atoms with Crippen molar-refractivity contribution in [3.63, 3.8) is 0 Å². The molecule has 0 aliphatic rings. The van der Waals surface area contributed by atoms with E-state index in [1.165, 1.54) is 12.1 Å². The van der Waals surface area contributed by atoms with Gasteiger partial charge in [0, 0.05) is 27.9 Å². The smallest absolute Gasteiger partial charge is 0.125 e. The summed E-state index contributed by atoms with van der Waals surface area (Å²) in [5.41, 5.74) is 8.81. The predicted octanol–water partition coefficient (Wildman–Crippen LogP) is 4.28. The van der Waals surface area contributed by atoms with Crippen LogP contribution in [0, 0.1) is 5.82 Å². The van der Waals surface area contributed by atoms with Crippen LogP contribution in [0.5, 0.6) is 0 Å². The number of benzene rings is 2. The Morgan fingerprint density at radius 2 is 1.95 bits per heavy atom. The molecule has 1 aromatic heterocycles. The van der Waals surface area contributed by atoms with Crippen molar-refractivity contribution in [1.82, 2.24) is 4.98 Å². The molecule has 0 unspecified atom stereocenters. The summed E-state index contributed by atoms with van der Waals surface area (Å²) in [4.78, 5) is 4.33. The van der Waals surface area contributed by atoms with E-state index in [2.05, 4.69) is 4.98 Å². The highest BCUT2D eigenvalue weighted by Gasteiger charge is 2.08. The zero-order valence-electron chi connectivity index (χ0n) is 9.90. The van der Waals surface area contributed by atoms with Crippen molar-refractivity contribution in [2.75, 3.05) is 5.73 Å². The number of anilines is 1. The Bertz CT molecular complexity index is 751. The van der Waals surface area contributed by atoms with Gasteiger partial charge in [-0.3, -0.25) is 4.98 Å². The summed E-state index contributed by atoms with van der Waals surface area (Å²) in [5.74, 6) is -0.372. The molecule has 2 N–H and O–H groups in total. The minimum absolute atomic E-state index is 0.357. The molecule has 0 aliphatic heterocycles. The van der Waals surface area contributed by atoms with Crippen molar-refractivity contribution in [2.24, 2.45) is 0 Å². The monoisotopic (exact) mass is 272 g/mol. The van der Waals surface area contributed by atoms with Gasteiger partial charge in [-0.25, -0.2) is 4.39 Å². The Morgan fingerprint density at radius 3 is 2.74 bits per heavy atom. The molecule has 19 heavy (non-hydrogen) atoms. The zero-order chi connectivity index (χ0) is 13.4. The SMILES string of the molecule is Nc1ccnc2c(-c3cc(F)cc(Cl)c3)cccc12. The van der Waals surface area contributed by atoms with Gasteiger partial charge < -0.3 is 5.73 Å². The number of fused-ring (bicyclic) bond motifs is 1. The van der Waals surface area contributed by atoms with Gasteiger partial charge in [-0.2, -0.15) is 0 Å². The van der Waals surface area contributed by atoms with E-state index in [0.29, 0.717) is 16.3 Å². The molecular formula is C15H10ClFN2. The topological polar surface area (TPSA) is 38.9 Å². The van der Waals surface area contributed by atoms with Crippen molar-refractivity contribution in [1.29, 1.82) is 0 Å². The molecule has 0 bridgehead atoms. The molecule has 0 aliphatic carbocycles. The van der Waals surface area contributed by atoms with Crippen molar-refractivity contribution >= 4 is 28.2 Å². The highest BCUT2D eigenvalue weighted by molar-refractivity contribution is 6.31. The van der Waals surface area contributed by atoms with Crippen LogP contribution in [0.1, 0.15) is 0 Å². The maximum atomic E-state index is 13.5. The van der Waals surface area contributed by atoms with Crippen LogP contribution in [-0.4, -0.2) is 4.98 Å². The molecule has 0 saturated carbocycles. The lowest BCUT2D eigenvalue weighted by atomic mass is 10.0. The fraction of sp³-hybridized carbons (Fsp3) is 0. The highest BCUT2D eigenvalue weighted by Crippen LogP contribution is 2.31. The van der Waals surface area contributed by atoms with Crippen molar-refractivity contribution < 1.29 is 4.39 Å². The third-order valence-corrected chi connectivity index (χ3v) is 3.20. The number of aromatic nitrogens is 1. The molecule has 0 fully saturated rings. The summed E-state index contributed by atoms with van der Waals surface area (Å²) < 4.78 is 13.5. The average molecular weight is 273 g/mol. The van der Waals surface area contributed by atoms with E-state index >= 15 is 0 Å². The molecule has 1 heterocycles. The van der Waals surface area contributed by atoms with Gasteiger partial charge in [-0.1, -0.05) is 29.8 Å². The lowest BCUT2D eigenvalue weighted by Crippen LogP contribution is -1.91. The molecule has 2 aromatic carbocycles. The minimum Gasteiger partial charge on any atom is -0.398 e. The number of nitrogen functional groups attached to an aromatic ring is 1. The third kappa shape index (κ3) is 2.13. The summed E-state index contributed by atoms with van der Waals surface area (Å²) in [6.45, 7) is 0. The normalized spacial score (nSPS) is 10.8. The van der Waals surface area contributed by atoms with Crippen LogP contribution >= 0.6 is 11.6 Å². The van der Waals surface area contributed by atoms with Gasteiger partial charge >= 0.3 is 0 Å². The second-order valence-electron chi connectivity index (χ2n) is 4.26. The Labute approximate surface area is 114 Å². The molecule has 3 aromatic rings. The Morgan fingerprint density at radius 1 is 1.11 bits per heavy atom. The summed E-state index contributed by atoms with van der Waals surface area (Å²) >= 11 is 5.90. The fourth-order valence-corrected chi connectivity index (χ4v) is 2.36.